The number of primary sulfonamides is 1. The van der Waals surface area contributed by atoms with E-state index >= 15 is 0 Å². The maximum Gasteiger partial charge on any atom is 0.416 e. The number of carbonyl (C=O) groups excluding carboxylic acids is 1. The molecule has 5 nitrogen and oxygen atoms in total. The zero-order valence-corrected chi connectivity index (χ0v) is 16.2. The fourth-order valence-electron chi connectivity index (χ4n) is 3.44. The van der Waals surface area contributed by atoms with Crippen molar-refractivity contribution in [2.75, 3.05) is 7.11 Å². The fraction of sp³-hybridized carbons (Fsp3) is 0.250. The van der Waals surface area contributed by atoms with Gasteiger partial charge in [-0.1, -0.05) is 24.3 Å². The van der Waals surface area contributed by atoms with Crippen molar-refractivity contribution in [3.05, 3.63) is 65.2 Å². The largest absolute Gasteiger partial charge is 0.469 e. The summed E-state index contributed by atoms with van der Waals surface area (Å²) >= 11 is 0. The van der Waals surface area contributed by atoms with E-state index < -0.39 is 33.7 Å². The van der Waals surface area contributed by atoms with Crippen LogP contribution >= 0.6 is 0 Å². The Balaban J connectivity index is 2.04. The summed E-state index contributed by atoms with van der Waals surface area (Å²) < 4.78 is 66.3. The lowest BCUT2D eigenvalue weighted by atomic mass is 9.96. The second kappa shape index (κ2) is 7.64. The number of ether oxygens (including phenoxy) is 1. The zero-order valence-electron chi connectivity index (χ0n) is 15.4. The second-order valence-corrected chi connectivity index (χ2v) is 8.29. The molecular formula is C20H18F3NO4S. The molecule has 0 saturated carbocycles. The van der Waals surface area contributed by atoms with Crippen molar-refractivity contribution < 1.29 is 31.1 Å². The third-order valence-corrected chi connectivity index (χ3v) is 5.82. The van der Waals surface area contributed by atoms with E-state index in [1.165, 1.54) is 31.4 Å². The number of rotatable bonds is 4. The van der Waals surface area contributed by atoms with Gasteiger partial charge in [0.05, 0.1) is 23.5 Å². The van der Waals surface area contributed by atoms with Crippen LogP contribution in [0.1, 0.15) is 29.5 Å². The standard InChI is InChI=1S/C20H18F3NO4S/c1-28-19(25)14-10-17(12-2-6-15(7-3-12)20(21,22)23)18(11-14)13-4-8-16(9-5-13)29(24,26)27/h2-9,14H,10-11H2,1H3,(H2,24,26,27). The Labute approximate surface area is 166 Å². The number of benzene rings is 2. The Bertz CT molecular complexity index is 1060. The van der Waals surface area contributed by atoms with E-state index in [4.69, 9.17) is 9.88 Å². The zero-order chi connectivity index (χ0) is 21.4. The van der Waals surface area contributed by atoms with Crippen LogP contribution < -0.4 is 5.14 Å². The highest BCUT2D eigenvalue weighted by Gasteiger charge is 2.33. The molecule has 1 unspecified atom stereocenters. The van der Waals surface area contributed by atoms with E-state index in [9.17, 15) is 26.4 Å². The Morgan fingerprint density at radius 2 is 1.41 bits per heavy atom. The maximum absolute atomic E-state index is 12.9. The third-order valence-electron chi connectivity index (χ3n) is 4.89. The van der Waals surface area contributed by atoms with Crippen LogP contribution in [0.5, 0.6) is 0 Å². The molecular weight excluding hydrogens is 407 g/mol. The lowest BCUT2D eigenvalue weighted by Crippen LogP contribution is -2.13. The van der Waals surface area contributed by atoms with E-state index in [1.54, 1.807) is 12.1 Å². The highest BCUT2D eigenvalue weighted by atomic mass is 32.2. The Morgan fingerprint density at radius 3 is 1.79 bits per heavy atom. The molecule has 9 heteroatoms. The fourth-order valence-corrected chi connectivity index (χ4v) is 3.95. The Kier molecular flexibility index (Phi) is 5.55. The summed E-state index contributed by atoms with van der Waals surface area (Å²) in [7, 11) is -2.58. The number of sulfonamides is 1. The van der Waals surface area contributed by atoms with Crippen LogP contribution in [0.15, 0.2) is 53.4 Å². The minimum atomic E-state index is -4.44. The van der Waals surface area contributed by atoms with Gasteiger partial charge < -0.3 is 4.74 Å². The molecule has 154 valence electrons. The average molecular weight is 425 g/mol. The van der Waals surface area contributed by atoms with E-state index in [1.807, 2.05) is 0 Å². The first-order valence-corrected chi connectivity index (χ1v) is 10.2. The molecule has 0 saturated heterocycles. The van der Waals surface area contributed by atoms with Crippen LogP contribution in [0, 0.1) is 5.92 Å². The first kappa shape index (κ1) is 21.1. The summed E-state index contributed by atoms with van der Waals surface area (Å²) in [4.78, 5) is 12.0. The van der Waals surface area contributed by atoms with Gasteiger partial charge in [0.15, 0.2) is 0 Å². The van der Waals surface area contributed by atoms with Crippen LogP contribution in [0.25, 0.3) is 11.1 Å². The van der Waals surface area contributed by atoms with Gasteiger partial charge in [-0.15, -0.1) is 0 Å². The van der Waals surface area contributed by atoms with E-state index in [-0.39, 0.29) is 4.90 Å². The molecule has 0 aromatic heterocycles. The van der Waals surface area contributed by atoms with Gasteiger partial charge in [-0.2, -0.15) is 13.2 Å². The molecule has 0 fully saturated rings. The van der Waals surface area contributed by atoms with Gasteiger partial charge in [-0.05, 0) is 59.4 Å². The number of esters is 1. The highest BCUT2D eigenvalue weighted by molar-refractivity contribution is 7.89. The molecule has 1 atom stereocenters. The van der Waals surface area contributed by atoms with Crippen molar-refractivity contribution in [2.45, 2.75) is 23.9 Å². The molecule has 2 aromatic rings. The van der Waals surface area contributed by atoms with Crippen molar-refractivity contribution in [3.8, 4) is 0 Å². The summed E-state index contributed by atoms with van der Waals surface area (Å²) in [5.74, 6) is -0.879. The first-order valence-electron chi connectivity index (χ1n) is 8.61. The summed E-state index contributed by atoms with van der Waals surface area (Å²) in [6.07, 6.45) is -3.80. The summed E-state index contributed by atoms with van der Waals surface area (Å²) in [5.41, 5.74) is 1.94. The van der Waals surface area contributed by atoms with Gasteiger partial charge in [-0.3, -0.25) is 4.79 Å². The van der Waals surface area contributed by atoms with Crippen LogP contribution in [0.4, 0.5) is 13.2 Å². The smallest absolute Gasteiger partial charge is 0.416 e. The van der Waals surface area contributed by atoms with Gasteiger partial charge >= 0.3 is 12.1 Å². The number of allylic oxidation sites excluding steroid dienone is 2. The molecule has 0 aliphatic heterocycles. The number of methoxy groups -OCH3 is 1. The van der Waals surface area contributed by atoms with E-state index in [0.29, 0.717) is 24.0 Å². The maximum atomic E-state index is 12.9. The van der Waals surface area contributed by atoms with E-state index in [0.717, 1.165) is 23.3 Å². The minimum Gasteiger partial charge on any atom is -0.469 e. The van der Waals surface area contributed by atoms with Gasteiger partial charge in [0.1, 0.15) is 0 Å². The number of nitrogens with two attached hydrogens (primary N) is 1. The van der Waals surface area contributed by atoms with Crippen LogP contribution in [0.3, 0.4) is 0 Å². The SMILES string of the molecule is COC(=O)C1CC(c2ccc(C(F)(F)F)cc2)=C(c2ccc(S(N)(=O)=O)cc2)C1. The minimum absolute atomic E-state index is 0.0551. The lowest BCUT2D eigenvalue weighted by Gasteiger charge is -2.11. The molecule has 2 N–H and O–H groups in total. The molecule has 1 aliphatic rings. The molecule has 0 radical (unpaired) electrons. The average Bonchev–Trinajstić information content (AvgIpc) is 3.11. The van der Waals surface area contributed by atoms with Crippen LogP contribution in [0.2, 0.25) is 0 Å². The number of hydrogen-bond acceptors (Lipinski definition) is 4. The molecule has 3 rings (SSSR count). The van der Waals surface area contributed by atoms with Crippen LogP contribution in [-0.2, 0) is 25.7 Å². The third kappa shape index (κ3) is 4.51. The first-order chi connectivity index (χ1) is 13.5. The highest BCUT2D eigenvalue weighted by Crippen LogP contribution is 2.44. The van der Waals surface area contributed by atoms with Crippen molar-refractivity contribution in [1.82, 2.24) is 0 Å². The normalized spacial score (nSPS) is 17.5. The molecule has 0 bridgehead atoms. The molecule has 1 aliphatic carbocycles. The molecule has 0 spiro atoms. The molecule has 0 amide bonds. The van der Waals surface area contributed by atoms with Crippen molar-refractivity contribution in [3.63, 3.8) is 0 Å². The number of alkyl halides is 3. The summed E-state index contributed by atoms with van der Waals surface area (Å²) in [5, 5.41) is 5.11. The molecule has 29 heavy (non-hydrogen) atoms. The van der Waals surface area contributed by atoms with Gasteiger partial charge in [0, 0.05) is 0 Å². The lowest BCUT2D eigenvalue weighted by molar-refractivity contribution is -0.144. The number of hydrogen-bond donors (Lipinski definition) is 1. The predicted molar refractivity (Wildman–Crippen MR) is 101 cm³/mol. The van der Waals surface area contributed by atoms with Crippen molar-refractivity contribution in [2.24, 2.45) is 11.1 Å². The molecule has 2 aromatic carbocycles. The molecule has 0 heterocycles. The number of halogens is 3. The van der Waals surface area contributed by atoms with Crippen molar-refractivity contribution in [1.29, 1.82) is 0 Å². The van der Waals surface area contributed by atoms with Gasteiger partial charge in [0.25, 0.3) is 0 Å². The van der Waals surface area contributed by atoms with Crippen LogP contribution in [-0.4, -0.2) is 21.5 Å². The van der Waals surface area contributed by atoms with Crippen molar-refractivity contribution >= 4 is 27.1 Å². The van der Waals surface area contributed by atoms with Gasteiger partial charge in [-0.25, -0.2) is 13.6 Å². The van der Waals surface area contributed by atoms with E-state index in [2.05, 4.69) is 0 Å². The summed E-state index contributed by atoms with van der Waals surface area (Å²) in [6.45, 7) is 0. The Hall–Kier alpha value is -2.65. The topological polar surface area (TPSA) is 86.5 Å². The second-order valence-electron chi connectivity index (χ2n) is 6.73. The van der Waals surface area contributed by atoms with Gasteiger partial charge in [0.2, 0.25) is 10.0 Å². The number of carbonyl (C=O) groups is 1. The summed E-state index contributed by atoms with van der Waals surface area (Å²) in [6, 6.07) is 10.6. The Morgan fingerprint density at radius 1 is 0.966 bits per heavy atom. The monoisotopic (exact) mass is 425 g/mol. The quantitative estimate of drug-likeness (QED) is 0.754. The predicted octanol–water partition coefficient (Wildman–Crippen LogP) is 3.85.